The van der Waals surface area contributed by atoms with Gasteiger partial charge in [-0.3, -0.25) is 4.79 Å². The molecule has 2 atom stereocenters. The van der Waals surface area contributed by atoms with Gasteiger partial charge in [-0.15, -0.1) is 0 Å². The van der Waals surface area contributed by atoms with Crippen molar-refractivity contribution in [1.82, 2.24) is 10.2 Å². The van der Waals surface area contributed by atoms with Gasteiger partial charge in [0.05, 0.1) is 19.1 Å². The van der Waals surface area contributed by atoms with Crippen molar-refractivity contribution in [3.63, 3.8) is 0 Å². The van der Waals surface area contributed by atoms with E-state index in [1.807, 2.05) is 4.90 Å². The zero-order valence-electron chi connectivity index (χ0n) is 11.5. The van der Waals surface area contributed by atoms with Crippen LogP contribution in [0.5, 0.6) is 0 Å². The topological polar surface area (TPSA) is 41.6 Å². The van der Waals surface area contributed by atoms with E-state index in [0.29, 0.717) is 19.1 Å². The number of nitrogens with one attached hydrogen (secondary N) is 1. The average molecular weight is 254 g/mol. The normalized spacial score (nSPS) is 29.3. The molecule has 18 heavy (non-hydrogen) atoms. The number of rotatable bonds is 4. The molecule has 0 spiro atoms. The number of carbonyl (C=O) groups excluding carboxylic acids is 1. The lowest BCUT2D eigenvalue weighted by Gasteiger charge is -2.29. The van der Waals surface area contributed by atoms with Crippen molar-refractivity contribution in [2.24, 2.45) is 5.92 Å². The summed E-state index contributed by atoms with van der Waals surface area (Å²) in [5.74, 6) is 1.04. The third-order valence-electron chi connectivity index (χ3n) is 4.03. The molecule has 2 unspecified atom stereocenters. The number of ether oxygens (including phenoxy) is 1. The molecule has 2 fully saturated rings. The molecule has 1 heterocycles. The van der Waals surface area contributed by atoms with Gasteiger partial charge in [-0.05, 0) is 18.8 Å². The molecule has 0 bridgehead atoms. The van der Waals surface area contributed by atoms with Gasteiger partial charge >= 0.3 is 0 Å². The Morgan fingerprint density at radius 3 is 2.83 bits per heavy atom. The number of piperazine rings is 1. The molecule has 2 rings (SSSR count). The van der Waals surface area contributed by atoms with E-state index in [-0.39, 0.29) is 5.91 Å². The first-order chi connectivity index (χ1) is 8.75. The molecule has 0 aromatic rings. The number of carbonyl (C=O) groups is 1. The number of hydrogen-bond donors (Lipinski definition) is 1. The van der Waals surface area contributed by atoms with E-state index in [0.717, 1.165) is 32.1 Å². The van der Waals surface area contributed by atoms with Gasteiger partial charge in [0.25, 0.3) is 0 Å². The molecule has 2 aliphatic rings. The lowest BCUT2D eigenvalue weighted by Crippen LogP contribution is -2.46. The minimum atomic E-state index is 0.250. The van der Waals surface area contributed by atoms with E-state index in [9.17, 15) is 4.79 Å². The van der Waals surface area contributed by atoms with Gasteiger partial charge in [0.1, 0.15) is 0 Å². The number of nitrogens with zero attached hydrogens (tertiary/aromatic N) is 1. The second-order valence-electron chi connectivity index (χ2n) is 5.65. The number of amides is 1. The molecule has 1 saturated carbocycles. The van der Waals surface area contributed by atoms with E-state index < -0.39 is 0 Å². The van der Waals surface area contributed by atoms with Crippen LogP contribution in [0.15, 0.2) is 0 Å². The highest BCUT2D eigenvalue weighted by molar-refractivity contribution is 5.76. The largest absolute Gasteiger partial charge is 0.378 e. The van der Waals surface area contributed by atoms with Crippen molar-refractivity contribution in [3.05, 3.63) is 0 Å². The van der Waals surface area contributed by atoms with Gasteiger partial charge < -0.3 is 15.0 Å². The summed E-state index contributed by atoms with van der Waals surface area (Å²) in [5, 5.41) is 3.26. The zero-order valence-corrected chi connectivity index (χ0v) is 11.5. The fourth-order valence-electron chi connectivity index (χ4n) is 2.92. The van der Waals surface area contributed by atoms with Crippen LogP contribution in [0.3, 0.4) is 0 Å². The Morgan fingerprint density at radius 2 is 2.11 bits per heavy atom. The van der Waals surface area contributed by atoms with Crippen molar-refractivity contribution < 1.29 is 9.53 Å². The van der Waals surface area contributed by atoms with E-state index >= 15 is 0 Å². The Bertz CT molecular complexity index is 265. The summed E-state index contributed by atoms with van der Waals surface area (Å²) in [6.07, 6.45) is 5.89. The molecule has 0 aromatic heterocycles. The molecule has 0 aromatic carbocycles. The number of hydrogen-bond acceptors (Lipinski definition) is 3. The summed E-state index contributed by atoms with van der Waals surface area (Å²) in [5.41, 5.74) is 0. The summed E-state index contributed by atoms with van der Waals surface area (Å²) >= 11 is 0. The highest BCUT2D eigenvalue weighted by atomic mass is 16.5. The van der Waals surface area contributed by atoms with Crippen molar-refractivity contribution >= 4 is 5.91 Å². The maximum Gasteiger partial charge on any atom is 0.224 e. The van der Waals surface area contributed by atoms with E-state index in [1.165, 1.54) is 25.7 Å². The highest BCUT2D eigenvalue weighted by Crippen LogP contribution is 2.25. The van der Waals surface area contributed by atoms with Gasteiger partial charge in [-0.25, -0.2) is 0 Å². The van der Waals surface area contributed by atoms with Crippen LogP contribution < -0.4 is 5.32 Å². The molecule has 1 N–H and O–H groups in total. The van der Waals surface area contributed by atoms with Crippen LogP contribution in [0.2, 0.25) is 0 Å². The quantitative estimate of drug-likeness (QED) is 0.824. The first-order valence-corrected chi connectivity index (χ1v) is 7.36. The molecule has 104 valence electrons. The summed E-state index contributed by atoms with van der Waals surface area (Å²) < 4.78 is 5.85. The SMILES string of the molecule is CC1CCCC(OCCC(=O)N2CCNCC2)C1. The van der Waals surface area contributed by atoms with Crippen LogP contribution >= 0.6 is 0 Å². The summed E-state index contributed by atoms with van der Waals surface area (Å²) in [6, 6.07) is 0. The maximum atomic E-state index is 11.9. The molecule has 4 nitrogen and oxygen atoms in total. The van der Waals surface area contributed by atoms with E-state index in [1.54, 1.807) is 0 Å². The van der Waals surface area contributed by atoms with Crippen LogP contribution in [0.4, 0.5) is 0 Å². The first-order valence-electron chi connectivity index (χ1n) is 7.36. The molecule has 0 radical (unpaired) electrons. The summed E-state index contributed by atoms with van der Waals surface area (Å²) in [6.45, 7) is 6.43. The van der Waals surface area contributed by atoms with Crippen LogP contribution in [-0.2, 0) is 9.53 Å². The standard InChI is InChI=1S/C14H26N2O2/c1-12-3-2-4-13(11-12)18-10-5-14(17)16-8-6-15-7-9-16/h12-13,15H,2-11H2,1H3. The van der Waals surface area contributed by atoms with Gasteiger partial charge in [-0.1, -0.05) is 19.8 Å². The van der Waals surface area contributed by atoms with Gasteiger partial charge in [0.15, 0.2) is 0 Å². The predicted octanol–water partition coefficient (Wildman–Crippen LogP) is 1.40. The first kappa shape index (κ1) is 13.8. The molecule has 1 amide bonds. The monoisotopic (exact) mass is 254 g/mol. The highest BCUT2D eigenvalue weighted by Gasteiger charge is 2.20. The minimum absolute atomic E-state index is 0.250. The van der Waals surface area contributed by atoms with Crippen LogP contribution in [0.25, 0.3) is 0 Å². The van der Waals surface area contributed by atoms with E-state index in [4.69, 9.17) is 4.74 Å². The average Bonchev–Trinajstić information content (AvgIpc) is 2.40. The fraction of sp³-hybridized carbons (Fsp3) is 0.929. The molecule has 1 aliphatic heterocycles. The van der Waals surface area contributed by atoms with Gasteiger partial charge in [0.2, 0.25) is 5.91 Å². The Hall–Kier alpha value is -0.610. The summed E-state index contributed by atoms with van der Waals surface area (Å²) in [7, 11) is 0. The fourth-order valence-corrected chi connectivity index (χ4v) is 2.92. The maximum absolute atomic E-state index is 11.9. The van der Waals surface area contributed by atoms with Gasteiger partial charge in [-0.2, -0.15) is 0 Å². The van der Waals surface area contributed by atoms with E-state index in [2.05, 4.69) is 12.2 Å². The van der Waals surface area contributed by atoms with Crippen LogP contribution in [0.1, 0.15) is 39.0 Å². The van der Waals surface area contributed by atoms with Crippen LogP contribution in [0, 0.1) is 5.92 Å². The Kier molecular flexibility index (Phi) is 5.45. The Morgan fingerprint density at radius 1 is 1.33 bits per heavy atom. The second kappa shape index (κ2) is 7.10. The molecule has 1 saturated heterocycles. The predicted molar refractivity (Wildman–Crippen MR) is 71.4 cm³/mol. The van der Waals surface area contributed by atoms with Crippen molar-refractivity contribution in [1.29, 1.82) is 0 Å². The molecular formula is C14H26N2O2. The molecule has 4 heteroatoms. The van der Waals surface area contributed by atoms with Crippen molar-refractivity contribution in [3.8, 4) is 0 Å². The second-order valence-corrected chi connectivity index (χ2v) is 5.65. The summed E-state index contributed by atoms with van der Waals surface area (Å²) in [4.78, 5) is 13.9. The lowest BCUT2D eigenvalue weighted by molar-refractivity contribution is -0.133. The van der Waals surface area contributed by atoms with Crippen molar-refractivity contribution in [2.45, 2.75) is 45.1 Å². The van der Waals surface area contributed by atoms with Gasteiger partial charge in [0, 0.05) is 26.2 Å². The third kappa shape index (κ3) is 4.25. The Balaban J connectivity index is 1.60. The third-order valence-corrected chi connectivity index (χ3v) is 4.03. The minimum Gasteiger partial charge on any atom is -0.378 e. The lowest BCUT2D eigenvalue weighted by atomic mass is 9.89. The smallest absolute Gasteiger partial charge is 0.224 e. The Labute approximate surface area is 110 Å². The zero-order chi connectivity index (χ0) is 12.8. The van der Waals surface area contributed by atoms with Crippen LogP contribution in [-0.4, -0.2) is 49.7 Å². The van der Waals surface area contributed by atoms with Crippen molar-refractivity contribution in [2.75, 3.05) is 32.8 Å². The molecular weight excluding hydrogens is 228 g/mol. The molecule has 1 aliphatic carbocycles.